The van der Waals surface area contributed by atoms with Gasteiger partial charge in [0.05, 0.1) is 10.6 Å². The summed E-state index contributed by atoms with van der Waals surface area (Å²) in [4.78, 5) is 27.1. The molecule has 3 aromatic rings. The lowest BCUT2D eigenvalue weighted by atomic mass is 10.1. The molecule has 9 nitrogen and oxygen atoms in total. The third kappa shape index (κ3) is 5.07. The molecule has 174 valence electrons. The average molecular weight is 493 g/mol. The maximum absolute atomic E-state index is 14.3. The summed E-state index contributed by atoms with van der Waals surface area (Å²) in [6.45, 7) is 5.23. The number of nitro groups is 1. The summed E-state index contributed by atoms with van der Waals surface area (Å²) >= 11 is 1.10. The molecular formula is C21H21FN4O5S2. The van der Waals surface area contributed by atoms with Crippen LogP contribution < -0.4 is 5.32 Å². The lowest BCUT2D eigenvalue weighted by Crippen LogP contribution is -2.31. The molecule has 1 N–H and O–H groups in total. The van der Waals surface area contributed by atoms with Crippen molar-refractivity contribution in [3.8, 4) is 11.3 Å². The Morgan fingerprint density at radius 2 is 1.91 bits per heavy atom. The Bertz CT molecular complexity index is 1320. The maximum atomic E-state index is 14.3. The predicted octanol–water partition coefficient (Wildman–Crippen LogP) is 4.45. The number of nitrogens with zero attached hydrogens (tertiary/aromatic N) is 3. The second-order valence-electron chi connectivity index (χ2n) is 6.98. The zero-order valence-electron chi connectivity index (χ0n) is 18.0. The number of amides is 1. The van der Waals surface area contributed by atoms with Crippen molar-refractivity contribution in [2.24, 2.45) is 0 Å². The molecule has 0 atom stereocenters. The van der Waals surface area contributed by atoms with Crippen molar-refractivity contribution in [3.63, 3.8) is 0 Å². The lowest BCUT2D eigenvalue weighted by Gasteiger charge is -2.19. The molecule has 0 spiro atoms. The molecule has 33 heavy (non-hydrogen) atoms. The van der Waals surface area contributed by atoms with Crippen LogP contribution in [-0.4, -0.2) is 41.6 Å². The largest absolute Gasteiger partial charge is 0.298 e. The Labute approximate surface area is 194 Å². The molecule has 12 heteroatoms. The molecule has 1 aromatic heterocycles. The van der Waals surface area contributed by atoms with Crippen molar-refractivity contribution in [1.82, 2.24) is 9.29 Å². The van der Waals surface area contributed by atoms with E-state index in [2.05, 4.69) is 10.3 Å². The zero-order valence-corrected chi connectivity index (χ0v) is 19.7. The highest BCUT2D eigenvalue weighted by molar-refractivity contribution is 7.89. The van der Waals surface area contributed by atoms with E-state index in [0.29, 0.717) is 16.8 Å². The molecule has 0 unspecified atom stereocenters. The van der Waals surface area contributed by atoms with Gasteiger partial charge < -0.3 is 0 Å². The van der Waals surface area contributed by atoms with Crippen LogP contribution in [0, 0.1) is 22.9 Å². The van der Waals surface area contributed by atoms with Gasteiger partial charge >= 0.3 is 0 Å². The molecule has 0 bridgehead atoms. The van der Waals surface area contributed by atoms with Crippen LogP contribution in [-0.2, 0) is 10.0 Å². The smallest absolute Gasteiger partial charge is 0.272 e. The van der Waals surface area contributed by atoms with E-state index >= 15 is 0 Å². The van der Waals surface area contributed by atoms with E-state index in [-0.39, 0.29) is 29.5 Å². The van der Waals surface area contributed by atoms with Crippen LogP contribution in [0.25, 0.3) is 11.3 Å². The van der Waals surface area contributed by atoms with Gasteiger partial charge in [0.25, 0.3) is 11.6 Å². The summed E-state index contributed by atoms with van der Waals surface area (Å²) < 4.78 is 40.8. The first-order valence-electron chi connectivity index (χ1n) is 9.90. The molecule has 0 fully saturated rings. The van der Waals surface area contributed by atoms with Crippen molar-refractivity contribution in [1.29, 1.82) is 0 Å². The number of carbonyl (C=O) groups is 1. The number of halogens is 1. The van der Waals surface area contributed by atoms with Gasteiger partial charge in [-0.05, 0) is 25.1 Å². The number of nitrogens with one attached hydrogen (secondary N) is 1. The third-order valence-corrected chi connectivity index (χ3v) is 7.77. The number of benzene rings is 2. The fraction of sp³-hybridized carbons (Fsp3) is 0.238. The number of carbonyl (C=O) groups excluding carboxylic acids is 1. The number of nitro benzene ring substituents is 1. The van der Waals surface area contributed by atoms with E-state index in [0.717, 1.165) is 27.8 Å². The molecular weight excluding hydrogens is 471 g/mol. The first-order chi connectivity index (χ1) is 15.6. The fourth-order valence-electron chi connectivity index (χ4n) is 3.14. The summed E-state index contributed by atoms with van der Waals surface area (Å²) in [6, 6.07) is 7.82. The third-order valence-electron chi connectivity index (χ3n) is 4.94. The maximum Gasteiger partial charge on any atom is 0.272 e. The summed E-state index contributed by atoms with van der Waals surface area (Å²) in [5.41, 5.74) is 1.37. The van der Waals surface area contributed by atoms with E-state index in [1.165, 1.54) is 12.1 Å². The molecule has 0 aliphatic carbocycles. The van der Waals surface area contributed by atoms with Gasteiger partial charge in [-0.3, -0.25) is 20.2 Å². The van der Waals surface area contributed by atoms with E-state index in [4.69, 9.17) is 0 Å². The SMILES string of the molecule is CCN(CC)S(=O)(=O)c1cc(C(=O)Nc2nc(-c3ccc(C)c([N+](=O)[O-])c3)cs2)ccc1F. The molecule has 3 rings (SSSR count). The van der Waals surface area contributed by atoms with Crippen LogP contribution in [0.4, 0.5) is 15.2 Å². The van der Waals surface area contributed by atoms with Crippen molar-refractivity contribution >= 4 is 38.1 Å². The predicted molar refractivity (Wildman–Crippen MR) is 123 cm³/mol. The second-order valence-corrected chi connectivity index (χ2v) is 9.75. The van der Waals surface area contributed by atoms with Crippen molar-refractivity contribution in [2.45, 2.75) is 25.7 Å². The van der Waals surface area contributed by atoms with Gasteiger partial charge in [0.1, 0.15) is 10.7 Å². The molecule has 0 aliphatic heterocycles. The molecule has 2 aromatic carbocycles. The Morgan fingerprint density at radius 3 is 2.55 bits per heavy atom. The Morgan fingerprint density at radius 1 is 1.21 bits per heavy atom. The molecule has 0 saturated heterocycles. The monoisotopic (exact) mass is 492 g/mol. The molecule has 1 amide bonds. The van der Waals surface area contributed by atoms with E-state index < -0.39 is 31.6 Å². The number of hydrogen-bond donors (Lipinski definition) is 1. The Balaban J connectivity index is 1.86. The van der Waals surface area contributed by atoms with E-state index in [1.54, 1.807) is 38.3 Å². The summed E-state index contributed by atoms with van der Waals surface area (Å²) in [5.74, 6) is -1.61. The van der Waals surface area contributed by atoms with Gasteiger partial charge in [0.2, 0.25) is 10.0 Å². The van der Waals surface area contributed by atoms with Crippen LogP contribution in [0.15, 0.2) is 46.7 Å². The van der Waals surface area contributed by atoms with Crippen molar-refractivity contribution in [3.05, 3.63) is 68.8 Å². The minimum atomic E-state index is -4.10. The van der Waals surface area contributed by atoms with Gasteiger partial charge in [-0.15, -0.1) is 11.3 Å². The number of aromatic nitrogens is 1. The van der Waals surface area contributed by atoms with Crippen LogP contribution in [0.1, 0.15) is 29.8 Å². The number of thiazole rings is 1. The summed E-state index contributed by atoms with van der Waals surface area (Å²) in [7, 11) is -4.10. The molecule has 0 aliphatic rings. The van der Waals surface area contributed by atoms with Crippen molar-refractivity contribution < 1.29 is 22.5 Å². The lowest BCUT2D eigenvalue weighted by molar-refractivity contribution is -0.385. The number of anilines is 1. The first kappa shape index (κ1) is 24.4. The highest BCUT2D eigenvalue weighted by Gasteiger charge is 2.26. The quantitative estimate of drug-likeness (QED) is 0.366. The van der Waals surface area contributed by atoms with Crippen LogP contribution in [0.5, 0.6) is 0 Å². The fourth-order valence-corrected chi connectivity index (χ4v) is 5.41. The number of aryl methyl sites for hydroxylation is 1. The Kier molecular flexibility index (Phi) is 7.20. The number of hydrogen-bond acceptors (Lipinski definition) is 7. The number of rotatable bonds is 8. The first-order valence-corrected chi connectivity index (χ1v) is 12.2. The topological polar surface area (TPSA) is 123 Å². The normalized spacial score (nSPS) is 11.5. The highest BCUT2D eigenvalue weighted by Crippen LogP contribution is 2.30. The van der Waals surface area contributed by atoms with Gasteiger partial charge in [-0.2, -0.15) is 4.31 Å². The molecule has 0 saturated carbocycles. The van der Waals surface area contributed by atoms with E-state index in [1.807, 2.05) is 0 Å². The molecule has 0 radical (unpaired) electrons. The second kappa shape index (κ2) is 9.73. The highest BCUT2D eigenvalue weighted by atomic mass is 32.2. The van der Waals surface area contributed by atoms with Gasteiger partial charge in [-0.1, -0.05) is 26.0 Å². The van der Waals surface area contributed by atoms with Crippen LogP contribution in [0.3, 0.4) is 0 Å². The van der Waals surface area contributed by atoms with E-state index in [9.17, 15) is 27.7 Å². The van der Waals surface area contributed by atoms with Crippen molar-refractivity contribution in [2.75, 3.05) is 18.4 Å². The Hall–Kier alpha value is -3.22. The summed E-state index contributed by atoms with van der Waals surface area (Å²) in [6.07, 6.45) is 0. The minimum absolute atomic E-state index is 0.0423. The zero-order chi connectivity index (χ0) is 24.3. The summed E-state index contributed by atoms with van der Waals surface area (Å²) in [5, 5.41) is 15.6. The van der Waals surface area contributed by atoms with Gasteiger partial charge in [-0.25, -0.2) is 17.8 Å². The van der Waals surface area contributed by atoms with Gasteiger partial charge in [0, 0.05) is 41.2 Å². The number of sulfonamides is 1. The van der Waals surface area contributed by atoms with Gasteiger partial charge in [0.15, 0.2) is 5.13 Å². The minimum Gasteiger partial charge on any atom is -0.298 e. The van der Waals surface area contributed by atoms with Crippen LogP contribution >= 0.6 is 11.3 Å². The average Bonchev–Trinajstić information content (AvgIpc) is 3.23. The standard InChI is InChI=1S/C21H21FN4O5S2/c1-4-25(5-2)33(30,31)19-11-15(8-9-16(19)22)20(27)24-21-23-17(12-32-21)14-7-6-13(3)18(10-14)26(28)29/h6-12H,4-5H2,1-3H3,(H,23,24,27). The van der Waals surface area contributed by atoms with Crippen LogP contribution in [0.2, 0.25) is 0 Å². The molecule has 1 heterocycles.